The largest absolute Gasteiger partial charge is 0.453 e. The normalized spacial score (nSPS) is 15.4. The van der Waals surface area contributed by atoms with Crippen molar-refractivity contribution in [3.8, 4) is 11.5 Å². The summed E-state index contributed by atoms with van der Waals surface area (Å²) in [4.78, 5) is 0. The molecule has 0 fully saturated rings. The van der Waals surface area contributed by atoms with Crippen LogP contribution in [0.3, 0.4) is 0 Å². The van der Waals surface area contributed by atoms with E-state index < -0.39 is 6.10 Å². The SMILES string of the molecule is CC(C)c1c(C(O)CN)cc(Cl)c2c1OCO2. The molecule has 0 saturated heterocycles. The van der Waals surface area contributed by atoms with Crippen molar-refractivity contribution in [2.75, 3.05) is 13.3 Å². The number of aliphatic hydroxyl groups excluding tert-OH is 1. The smallest absolute Gasteiger partial charge is 0.231 e. The third-order valence-electron chi connectivity index (χ3n) is 2.83. The van der Waals surface area contributed by atoms with Crippen LogP contribution in [0.1, 0.15) is 37.0 Å². The number of hydrogen-bond donors (Lipinski definition) is 2. The second-order valence-electron chi connectivity index (χ2n) is 4.33. The molecule has 17 heavy (non-hydrogen) atoms. The highest BCUT2D eigenvalue weighted by molar-refractivity contribution is 6.32. The molecule has 1 unspecified atom stereocenters. The van der Waals surface area contributed by atoms with Crippen LogP contribution in [0.2, 0.25) is 5.02 Å². The van der Waals surface area contributed by atoms with Crippen LogP contribution >= 0.6 is 11.6 Å². The summed E-state index contributed by atoms with van der Waals surface area (Å²) in [6, 6.07) is 1.71. The Labute approximate surface area is 105 Å². The van der Waals surface area contributed by atoms with Crippen molar-refractivity contribution in [2.24, 2.45) is 5.73 Å². The lowest BCUT2D eigenvalue weighted by Crippen LogP contribution is -2.14. The Kier molecular flexibility index (Phi) is 3.47. The van der Waals surface area contributed by atoms with E-state index in [1.165, 1.54) is 0 Å². The van der Waals surface area contributed by atoms with Gasteiger partial charge in [-0.1, -0.05) is 25.4 Å². The molecular formula is C12H16ClNO3. The average molecular weight is 258 g/mol. The van der Waals surface area contributed by atoms with Gasteiger partial charge in [-0.3, -0.25) is 0 Å². The maximum atomic E-state index is 9.93. The van der Waals surface area contributed by atoms with E-state index in [9.17, 15) is 5.11 Å². The van der Waals surface area contributed by atoms with Gasteiger partial charge in [0.1, 0.15) is 0 Å². The zero-order chi connectivity index (χ0) is 12.6. The van der Waals surface area contributed by atoms with Gasteiger partial charge < -0.3 is 20.3 Å². The number of halogens is 1. The molecule has 1 aromatic rings. The van der Waals surface area contributed by atoms with Gasteiger partial charge in [0, 0.05) is 12.1 Å². The van der Waals surface area contributed by atoms with Crippen molar-refractivity contribution in [3.63, 3.8) is 0 Å². The van der Waals surface area contributed by atoms with Crippen LogP contribution < -0.4 is 15.2 Å². The minimum Gasteiger partial charge on any atom is -0.453 e. The Balaban J connectivity index is 2.63. The summed E-state index contributed by atoms with van der Waals surface area (Å²) in [7, 11) is 0. The van der Waals surface area contributed by atoms with Crippen LogP contribution in [-0.4, -0.2) is 18.4 Å². The standard InChI is InChI=1S/C12H16ClNO3/c1-6(2)10-7(9(15)4-14)3-8(13)11-12(10)17-5-16-11/h3,6,9,15H,4-5,14H2,1-2H3. The zero-order valence-electron chi connectivity index (χ0n) is 9.87. The molecule has 94 valence electrons. The quantitative estimate of drug-likeness (QED) is 0.871. The first-order valence-electron chi connectivity index (χ1n) is 5.56. The number of hydrogen-bond acceptors (Lipinski definition) is 4. The summed E-state index contributed by atoms with van der Waals surface area (Å²) in [5.41, 5.74) is 7.14. The van der Waals surface area contributed by atoms with Gasteiger partial charge in [-0.25, -0.2) is 0 Å². The fourth-order valence-corrected chi connectivity index (χ4v) is 2.32. The van der Waals surface area contributed by atoms with Crippen LogP contribution in [0, 0.1) is 0 Å². The molecule has 1 aliphatic heterocycles. The van der Waals surface area contributed by atoms with Crippen molar-refractivity contribution < 1.29 is 14.6 Å². The molecule has 5 heteroatoms. The molecule has 0 amide bonds. The van der Waals surface area contributed by atoms with E-state index in [-0.39, 0.29) is 19.3 Å². The predicted octanol–water partition coefficient (Wildman–Crippen LogP) is 2.18. The molecule has 0 saturated carbocycles. The maximum Gasteiger partial charge on any atom is 0.231 e. The second kappa shape index (κ2) is 4.72. The number of nitrogens with two attached hydrogens (primary N) is 1. The second-order valence-corrected chi connectivity index (χ2v) is 4.74. The number of fused-ring (bicyclic) bond motifs is 1. The monoisotopic (exact) mass is 257 g/mol. The summed E-state index contributed by atoms with van der Waals surface area (Å²) in [5, 5.41) is 10.4. The lowest BCUT2D eigenvalue weighted by Gasteiger charge is -2.19. The number of ether oxygens (including phenoxy) is 2. The first-order chi connectivity index (χ1) is 8.06. The summed E-state index contributed by atoms with van der Waals surface area (Å²) in [6.07, 6.45) is -0.737. The third kappa shape index (κ3) is 2.08. The van der Waals surface area contributed by atoms with Crippen molar-refractivity contribution in [3.05, 3.63) is 22.2 Å². The van der Waals surface area contributed by atoms with Gasteiger partial charge >= 0.3 is 0 Å². The summed E-state index contributed by atoms with van der Waals surface area (Å²) in [5.74, 6) is 1.39. The lowest BCUT2D eigenvalue weighted by atomic mass is 9.92. The van der Waals surface area contributed by atoms with Crippen LogP contribution in [0.25, 0.3) is 0 Å². The molecule has 0 aromatic heterocycles. The zero-order valence-corrected chi connectivity index (χ0v) is 10.6. The van der Waals surface area contributed by atoms with Crippen molar-refractivity contribution in [1.82, 2.24) is 0 Å². The molecule has 4 nitrogen and oxygen atoms in total. The molecule has 1 aromatic carbocycles. The van der Waals surface area contributed by atoms with E-state index in [0.717, 1.165) is 11.1 Å². The molecule has 0 spiro atoms. The highest BCUT2D eigenvalue weighted by Gasteiger charge is 2.28. The fraction of sp³-hybridized carbons (Fsp3) is 0.500. The first kappa shape index (κ1) is 12.5. The lowest BCUT2D eigenvalue weighted by molar-refractivity contribution is 0.171. The van der Waals surface area contributed by atoms with E-state index in [1.54, 1.807) is 6.07 Å². The highest BCUT2D eigenvalue weighted by Crippen LogP contribution is 2.47. The molecule has 0 aliphatic carbocycles. The van der Waals surface area contributed by atoms with Crippen LogP contribution in [0.4, 0.5) is 0 Å². The molecule has 3 N–H and O–H groups in total. The Morgan fingerprint density at radius 2 is 2.06 bits per heavy atom. The van der Waals surface area contributed by atoms with Crippen molar-refractivity contribution in [2.45, 2.75) is 25.9 Å². The predicted molar refractivity (Wildman–Crippen MR) is 65.7 cm³/mol. The first-order valence-corrected chi connectivity index (χ1v) is 5.94. The van der Waals surface area contributed by atoms with Crippen LogP contribution in [-0.2, 0) is 0 Å². The molecule has 0 bridgehead atoms. The molecule has 0 radical (unpaired) electrons. The van der Waals surface area contributed by atoms with E-state index >= 15 is 0 Å². The van der Waals surface area contributed by atoms with Gasteiger partial charge in [-0.05, 0) is 17.5 Å². The Morgan fingerprint density at radius 1 is 1.41 bits per heavy atom. The Hall–Kier alpha value is -0.970. The Bertz CT molecular complexity index is 434. The average Bonchev–Trinajstić information content (AvgIpc) is 2.76. The molecule has 2 rings (SSSR count). The number of aliphatic hydroxyl groups is 1. The topological polar surface area (TPSA) is 64.7 Å². The van der Waals surface area contributed by atoms with E-state index in [0.29, 0.717) is 16.5 Å². The number of benzene rings is 1. The molecule has 1 heterocycles. The third-order valence-corrected chi connectivity index (χ3v) is 3.11. The van der Waals surface area contributed by atoms with Crippen molar-refractivity contribution >= 4 is 11.6 Å². The van der Waals surface area contributed by atoms with Gasteiger partial charge in [0.05, 0.1) is 11.1 Å². The van der Waals surface area contributed by atoms with Gasteiger partial charge in [-0.15, -0.1) is 0 Å². The van der Waals surface area contributed by atoms with Crippen LogP contribution in [0.15, 0.2) is 6.07 Å². The van der Waals surface area contributed by atoms with Crippen LogP contribution in [0.5, 0.6) is 11.5 Å². The summed E-state index contributed by atoms with van der Waals surface area (Å²) in [6.45, 7) is 4.36. The summed E-state index contributed by atoms with van der Waals surface area (Å²) >= 11 is 6.10. The highest BCUT2D eigenvalue weighted by atomic mass is 35.5. The molecule has 1 atom stereocenters. The van der Waals surface area contributed by atoms with Gasteiger partial charge in [-0.2, -0.15) is 0 Å². The van der Waals surface area contributed by atoms with Gasteiger partial charge in [0.25, 0.3) is 0 Å². The van der Waals surface area contributed by atoms with E-state index in [2.05, 4.69) is 0 Å². The summed E-state index contributed by atoms with van der Waals surface area (Å²) < 4.78 is 10.8. The molecular weight excluding hydrogens is 242 g/mol. The Morgan fingerprint density at radius 3 is 2.65 bits per heavy atom. The van der Waals surface area contributed by atoms with Gasteiger partial charge in [0.15, 0.2) is 11.5 Å². The maximum absolute atomic E-state index is 9.93. The molecule has 1 aliphatic rings. The van der Waals surface area contributed by atoms with Crippen molar-refractivity contribution in [1.29, 1.82) is 0 Å². The fourth-order valence-electron chi connectivity index (χ4n) is 2.06. The number of rotatable bonds is 3. The van der Waals surface area contributed by atoms with Gasteiger partial charge in [0.2, 0.25) is 6.79 Å². The minimum absolute atomic E-state index is 0.149. The van der Waals surface area contributed by atoms with E-state index in [1.807, 2.05) is 13.8 Å². The van der Waals surface area contributed by atoms with E-state index in [4.69, 9.17) is 26.8 Å². The minimum atomic E-state index is -0.737.